The first-order valence-electron chi connectivity index (χ1n) is 8.68. The van der Waals surface area contributed by atoms with Gasteiger partial charge >= 0.3 is 0 Å². The molecule has 0 bridgehead atoms. The Morgan fingerprint density at radius 3 is 2.85 bits per heavy atom. The number of rotatable bonds is 5. The van der Waals surface area contributed by atoms with Crippen LogP contribution in [0.3, 0.4) is 0 Å². The van der Waals surface area contributed by atoms with E-state index in [-0.39, 0.29) is 29.7 Å². The SMILES string of the molecule is O=C1CN(Cc2ccc([N+](=O)[O-])c(C(=O)NC3CCOCC3)c2)CCN1. The number of piperazine rings is 1. The lowest BCUT2D eigenvalue weighted by molar-refractivity contribution is -0.385. The maximum absolute atomic E-state index is 12.6. The van der Waals surface area contributed by atoms with Gasteiger partial charge in [-0.3, -0.25) is 24.6 Å². The molecule has 26 heavy (non-hydrogen) atoms. The molecule has 0 unspecified atom stereocenters. The fourth-order valence-electron chi connectivity index (χ4n) is 3.21. The van der Waals surface area contributed by atoms with E-state index in [1.165, 1.54) is 6.07 Å². The zero-order chi connectivity index (χ0) is 18.5. The second-order valence-electron chi connectivity index (χ2n) is 6.53. The van der Waals surface area contributed by atoms with Crippen molar-refractivity contribution in [3.63, 3.8) is 0 Å². The number of hydrogen-bond acceptors (Lipinski definition) is 6. The minimum absolute atomic E-state index is 0.0368. The highest BCUT2D eigenvalue weighted by molar-refractivity contribution is 5.98. The van der Waals surface area contributed by atoms with Crippen molar-refractivity contribution in [3.8, 4) is 0 Å². The van der Waals surface area contributed by atoms with Gasteiger partial charge in [0.1, 0.15) is 5.56 Å². The fourth-order valence-corrected chi connectivity index (χ4v) is 3.21. The first-order valence-corrected chi connectivity index (χ1v) is 8.68. The molecular weight excluding hydrogens is 340 g/mol. The molecule has 140 valence electrons. The van der Waals surface area contributed by atoms with Gasteiger partial charge in [-0.15, -0.1) is 0 Å². The number of amides is 2. The lowest BCUT2D eigenvalue weighted by Crippen LogP contribution is -2.47. The van der Waals surface area contributed by atoms with Crippen LogP contribution in [0.15, 0.2) is 18.2 Å². The van der Waals surface area contributed by atoms with Gasteiger partial charge in [0, 0.05) is 45.0 Å². The van der Waals surface area contributed by atoms with Crippen molar-refractivity contribution < 1.29 is 19.2 Å². The number of nitrogens with one attached hydrogen (secondary N) is 2. The van der Waals surface area contributed by atoms with Crippen molar-refractivity contribution >= 4 is 17.5 Å². The number of carbonyl (C=O) groups is 2. The highest BCUT2D eigenvalue weighted by Gasteiger charge is 2.25. The third-order valence-electron chi connectivity index (χ3n) is 4.58. The summed E-state index contributed by atoms with van der Waals surface area (Å²) in [6, 6.07) is 4.51. The predicted octanol–water partition coefficient (Wildman–Crippen LogP) is 0.435. The van der Waals surface area contributed by atoms with Crippen LogP contribution in [0.4, 0.5) is 5.69 Å². The first kappa shape index (κ1) is 18.3. The van der Waals surface area contributed by atoms with Gasteiger partial charge in [-0.2, -0.15) is 0 Å². The fraction of sp³-hybridized carbons (Fsp3) is 0.529. The summed E-state index contributed by atoms with van der Waals surface area (Å²) in [7, 11) is 0. The molecule has 2 saturated heterocycles. The molecule has 2 N–H and O–H groups in total. The van der Waals surface area contributed by atoms with Crippen LogP contribution < -0.4 is 10.6 Å². The van der Waals surface area contributed by atoms with Crippen molar-refractivity contribution in [1.82, 2.24) is 15.5 Å². The Bertz CT molecular complexity index is 702. The van der Waals surface area contributed by atoms with Crippen LogP contribution in [0.1, 0.15) is 28.8 Å². The van der Waals surface area contributed by atoms with Crippen LogP contribution in [-0.4, -0.2) is 60.5 Å². The van der Waals surface area contributed by atoms with Crippen molar-refractivity contribution in [2.75, 3.05) is 32.8 Å². The number of nitro groups is 1. The maximum atomic E-state index is 12.6. The zero-order valence-corrected chi connectivity index (χ0v) is 14.4. The van der Waals surface area contributed by atoms with Crippen LogP contribution in [0.25, 0.3) is 0 Å². The van der Waals surface area contributed by atoms with Crippen molar-refractivity contribution in [1.29, 1.82) is 0 Å². The van der Waals surface area contributed by atoms with E-state index < -0.39 is 10.8 Å². The van der Waals surface area contributed by atoms with Gasteiger partial charge in [0.25, 0.3) is 11.6 Å². The molecule has 9 heteroatoms. The van der Waals surface area contributed by atoms with Gasteiger partial charge in [-0.05, 0) is 24.5 Å². The van der Waals surface area contributed by atoms with Gasteiger partial charge in [0.2, 0.25) is 5.91 Å². The average molecular weight is 362 g/mol. The number of nitro benzene ring substituents is 1. The standard InChI is InChI=1S/C17H22N4O5/c22-16-11-20(6-5-18-16)10-12-1-2-15(21(24)25)14(9-12)17(23)19-13-3-7-26-8-4-13/h1-2,9,13H,3-8,10-11H2,(H,18,22)(H,19,23). The number of carbonyl (C=O) groups excluding carboxylic acids is 2. The molecule has 0 spiro atoms. The molecule has 1 aromatic carbocycles. The topological polar surface area (TPSA) is 114 Å². The molecule has 0 aliphatic carbocycles. The summed E-state index contributed by atoms with van der Waals surface area (Å²) < 4.78 is 5.26. The summed E-state index contributed by atoms with van der Waals surface area (Å²) >= 11 is 0. The molecule has 1 aromatic rings. The van der Waals surface area contributed by atoms with E-state index in [0.717, 1.165) is 5.56 Å². The highest BCUT2D eigenvalue weighted by atomic mass is 16.6. The lowest BCUT2D eigenvalue weighted by atomic mass is 10.0. The van der Waals surface area contributed by atoms with E-state index in [1.54, 1.807) is 12.1 Å². The number of nitrogens with zero attached hydrogens (tertiary/aromatic N) is 2. The van der Waals surface area contributed by atoms with E-state index in [0.29, 0.717) is 45.7 Å². The van der Waals surface area contributed by atoms with E-state index in [1.807, 2.05) is 4.90 Å². The Morgan fingerprint density at radius 1 is 1.38 bits per heavy atom. The number of hydrogen-bond donors (Lipinski definition) is 2. The van der Waals surface area contributed by atoms with Crippen LogP contribution >= 0.6 is 0 Å². The highest BCUT2D eigenvalue weighted by Crippen LogP contribution is 2.22. The Kier molecular flexibility index (Phi) is 5.79. The van der Waals surface area contributed by atoms with Gasteiger partial charge < -0.3 is 15.4 Å². The average Bonchev–Trinajstić information content (AvgIpc) is 2.62. The van der Waals surface area contributed by atoms with Crippen LogP contribution in [0, 0.1) is 10.1 Å². The van der Waals surface area contributed by atoms with E-state index >= 15 is 0 Å². The molecule has 2 amide bonds. The number of ether oxygens (including phenoxy) is 1. The Labute approximate surface area is 150 Å². The second kappa shape index (κ2) is 8.24. The summed E-state index contributed by atoms with van der Waals surface area (Å²) in [5, 5.41) is 16.9. The third-order valence-corrected chi connectivity index (χ3v) is 4.58. The van der Waals surface area contributed by atoms with Crippen LogP contribution in [0.2, 0.25) is 0 Å². The third kappa shape index (κ3) is 4.55. The van der Waals surface area contributed by atoms with Gasteiger partial charge in [-0.1, -0.05) is 6.07 Å². The molecule has 0 saturated carbocycles. The number of benzene rings is 1. The van der Waals surface area contributed by atoms with E-state index in [9.17, 15) is 19.7 Å². The molecule has 3 rings (SSSR count). The molecule has 2 fully saturated rings. The predicted molar refractivity (Wildman–Crippen MR) is 92.7 cm³/mol. The summed E-state index contributed by atoms with van der Waals surface area (Å²) in [5.74, 6) is -0.488. The zero-order valence-electron chi connectivity index (χ0n) is 14.4. The molecule has 0 radical (unpaired) electrons. The van der Waals surface area contributed by atoms with Gasteiger partial charge in [0.15, 0.2) is 0 Å². The Balaban J connectivity index is 1.76. The monoisotopic (exact) mass is 362 g/mol. The quantitative estimate of drug-likeness (QED) is 0.580. The molecular formula is C17H22N4O5. The van der Waals surface area contributed by atoms with Crippen molar-refractivity contribution in [2.45, 2.75) is 25.4 Å². The first-order chi connectivity index (χ1) is 12.5. The van der Waals surface area contributed by atoms with Crippen LogP contribution in [0.5, 0.6) is 0 Å². The minimum atomic E-state index is -0.545. The lowest BCUT2D eigenvalue weighted by Gasteiger charge is -2.26. The van der Waals surface area contributed by atoms with Crippen LogP contribution in [-0.2, 0) is 16.1 Å². The second-order valence-corrected chi connectivity index (χ2v) is 6.53. The normalized spacial score (nSPS) is 19.0. The van der Waals surface area contributed by atoms with Crippen molar-refractivity contribution in [2.24, 2.45) is 0 Å². The summed E-state index contributed by atoms with van der Waals surface area (Å²) in [6.07, 6.45) is 1.39. The molecule has 9 nitrogen and oxygen atoms in total. The van der Waals surface area contributed by atoms with Gasteiger partial charge in [-0.25, -0.2) is 0 Å². The van der Waals surface area contributed by atoms with Crippen molar-refractivity contribution in [3.05, 3.63) is 39.4 Å². The smallest absolute Gasteiger partial charge is 0.282 e. The summed E-state index contributed by atoms with van der Waals surface area (Å²) in [6.45, 7) is 3.16. The molecule has 2 heterocycles. The molecule has 2 aliphatic heterocycles. The summed E-state index contributed by atoms with van der Waals surface area (Å²) in [5.41, 5.74) is 0.609. The molecule has 2 aliphatic rings. The molecule has 0 aromatic heterocycles. The minimum Gasteiger partial charge on any atom is -0.381 e. The van der Waals surface area contributed by atoms with E-state index in [2.05, 4.69) is 10.6 Å². The Hall–Kier alpha value is -2.52. The maximum Gasteiger partial charge on any atom is 0.282 e. The molecule has 0 atom stereocenters. The Morgan fingerprint density at radius 2 is 2.15 bits per heavy atom. The van der Waals surface area contributed by atoms with Gasteiger partial charge in [0.05, 0.1) is 11.5 Å². The summed E-state index contributed by atoms with van der Waals surface area (Å²) in [4.78, 5) is 36.8. The largest absolute Gasteiger partial charge is 0.381 e. The van der Waals surface area contributed by atoms with E-state index in [4.69, 9.17) is 4.74 Å².